The number of anilines is 1. The van der Waals surface area contributed by atoms with Crippen LogP contribution < -0.4 is 14.4 Å². The summed E-state index contributed by atoms with van der Waals surface area (Å²) in [6.45, 7) is 4.70. The highest BCUT2D eigenvalue weighted by molar-refractivity contribution is 5.92. The fourth-order valence-electron chi connectivity index (χ4n) is 3.14. The Morgan fingerprint density at radius 1 is 1.09 bits per heavy atom. The number of hydrogen-bond donors (Lipinski definition) is 0. The second-order valence-corrected chi connectivity index (χ2v) is 5.80. The SMILES string of the molecule is CC(=O)c1c(C)[n+]([O-])c2ccc(N3CCCCC3)cc2[n+]1[O-]. The van der Waals surface area contributed by atoms with E-state index in [0.29, 0.717) is 15.0 Å². The molecule has 2 aromatic rings. The Morgan fingerprint density at radius 3 is 2.41 bits per heavy atom. The van der Waals surface area contributed by atoms with Crippen LogP contribution >= 0.6 is 0 Å². The third-order valence-electron chi connectivity index (χ3n) is 4.30. The number of piperidine rings is 1. The summed E-state index contributed by atoms with van der Waals surface area (Å²) in [5.41, 5.74) is 1.52. The molecule has 0 atom stereocenters. The number of ketones is 1. The van der Waals surface area contributed by atoms with Gasteiger partial charge >= 0.3 is 5.69 Å². The Hall–Kier alpha value is -2.37. The maximum atomic E-state index is 12.5. The van der Waals surface area contributed by atoms with Crippen molar-refractivity contribution < 1.29 is 14.3 Å². The third-order valence-corrected chi connectivity index (χ3v) is 4.30. The molecule has 0 aliphatic carbocycles. The number of aromatic nitrogens is 2. The zero-order valence-electron chi connectivity index (χ0n) is 12.8. The lowest BCUT2D eigenvalue weighted by molar-refractivity contribution is -0.635. The van der Waals surface area contributed by atoms with Crippen LogP contribution in [0.2, 0.25) is 0 Å². The quantitative estimate of drug-likeness (QED) is 0.480. The molecule has 1 aliphatic rings. The summed E-state index contributed by atoms with van der Waals surface area (Å²) in [7, 11) is 0. The molecule has 6 heteroatoms. The molecule has 0 saturated carbocycles. The van der Waals surface area contributed by atoms with Crippen molar-refractivity contribution in [3.8, 4) is 0 Å². The standard InChI is InChI=1S/C16H19N3O3/c1-11-16(12(2)20)19(22)15-10-13(6-7-14(15)18(11)21)17-8-4-3-5-9-17/h6-7,10H,3-5,8-9H2,1-2H3. The van der Waals surface area contributed by atoms with Crippen molar-refractivity contribution in [3.63, 3.8) is 0 Å². The lowest BCUT2D eigenvalue weighted by Crippen LogP contribution is -2.46. The van der Waals surface area contributed by atoms with E-state index in [2.05, 4.69) is 4.90 Å². The fraction of sp³-hybridized carbons (Fsp3) is 0.438. The molecule has 0 N–H and O–H groups in total. The summed E-state index contributed by atoms with van der Waals surface area (Å²) in [5, 5.41) is 24.8. The number of nitrogens with zero attached hydrogens (tertiary/aromatic N) is 3. The average molecular weight is 301 g/mol. The van der Waals surface area contributed by atoms with Crippen molar-refractivity contribution in [2.24, 2.45) is 0 Å². The topological polar surface area (TPSA) is 74.2 Å². The Bertz CT molecular complexity index is 752. The molecule has 0 radical (unpaired) electrons. The van der Waals surface area contributed by atoms with Crippen LogP contribution in [0.3, 0.4) is 0 Å². The molecule has 1 saturated heterocycles. The monoisotopic (exact) mass is 301 g/mol. The van der Waals surface area contributed by atoms with Crippen LogP contribution in [-0.4, -0.2) is 18.9 Å². The molecule has 2 heterocycles. The molecule has 0 unspecified atom stereocenters. The highest BCUT2D eigenvalue weighted by Crippen LogP contribution is 2.22. The van der Waals surface area contributed by atoms with Crippen molar-refractivity contribution in [1.82, 2.24) is 0 Å². The van der Waals surface area contributed by atoms with Gasteiger partial charge in [0.15, 0.2) is 0 Å². The van der Waals surface area contributed by atoms with Crippen molar-refractivity contribution in [3.05, 3.63) is 40.0 Å². The highest BCUT2D eigenvalue weighted by atomic mass is 16.5. The van der Waals surface area contributed by atoms with Gasteiger partial charge in [-0.3, -0.25) is 4.79 Å². The molecule has 1 fully saturated rings. The molecule has 0 amide bonds. The maximum absolute atomic E-state index is 12.5. The predicted octanol–water partition coefficient (Wildman–Crippen LogP) is 1.61. The highest BCUT2D eigenvalue weighted by Gasteiger charge is 2.28. The van der Waals surface area contributed by atoms with E-state index < -0.39 is 5.78 Å². The zero-order valence-corrected chi connectivity index (χ0v) is 12.8. The van der Waals surface area contributed by atoms with Gasteiger partial charge in [-0.05, 0) is 25.3 Å². The minimum absolute atomic E-state index is 0.0849. The Balaban J connectivity index is 2.20. The van der Waals surface area contributed by atoms with Gasteiger partial charge in [0.25, 0.3) is 16.7 Å². The molecule has 6 nitrogen and oxygen atoms in total. The van der Waals surface area contributed by atoms with Crippen LogP contribution in [0.15, 0.2) is 18.2 Å². The molecule has 1 aromatic carbocycles. The van der Waals surface area contributed by atoms with E-state index in [4.69, 9.17) is 0 Å². The Morgan fingerprint density at radius 2 is 1.77 bits per heavy atom. The lowest BCUT2D eigenvalue weighted by Gasteiger charge is -2.28. The van der Waals surface area contributed by atoms with Gasteiger partial charge in [0, 0.05) is 44.8 Å². The first kappa shape index (κ1) is 14.6. The molecule has 116 valence electrons. The van der Waals surface area contributed by atoms with E-state index in [1.807, 2.05) is 6.07 Å². The summed E-state index contributed by atoms with van der Waals surface area (Å²) in [6.07, 6.45) is 3.48. The number of Topliss-reactive ketones (excluding diaryl/α,β-unsaturated/α-hetero) is 1. The number of hydrogen-bond acceptors (Lipinski definition) is 4. The van der Waals surface area contributed by atoms with Crippen LogP contribution in [0.1, 0.15) is 42.4 Å². The van der Waals surface area contributed by atoms with Crippen LogP contribution in [0.4, 0.5) is 5.69 Å². The van der Waals surface area contributed by atoms with Gasteiger partial charge in [0.1, 0.15) is 0 Å². The smallest absolute Gasteiger partial charge is 0.328 e. The molecule has 0 bridgehead atoms. The molecule has 22 heavy (non-hydrogen) atoms. The van der Waals surface area contributed by atoms with Crippen LogP contribution in [0.5, 0.6) is 0 Å². The number of rotatable bonds is 2. The van der Waals surface area contributed by atoms with Crippen LogP contribution in [0.25, 0.3) is 11.0 Å². The predicted molar refractivity (Wildman–Crippen MR) is 82.7 cm³/mol. The van der Waals surface area contributed by atoms with E-state index in [9.17, 15) is 15.2 Å². The van der Waals surface area contributed by atoms with Gasteiger partial charge in [-0.1, -0.05) is 0 Å². The maximum Gasteiger partial charge on any atom is 0.328 e. The number of carbonyl (C=O) groups is 1. The van der Waals surface area contributed by atoms with Crippen LogP contribution in [-0.2, 0) is 0 Å². The molecular weight excluding hydrogens is 282 g/mol. The van der Waals surface area contributed by atoms with Crippen molar-refractivity contribution in [2.75, 3.05) is 18.0 Å². The molecule has 1 aromatic heterocycles. The van der Waals surface area contributed by atoms with Gasteiger partial charge in [-0.25, -0.2) is 0 Å². The first-order valence-electron chi connectivity index (χ1n) is 7.56. The minimum atomic E-state index is -0.401. The van der Waals surface area contributed by atoms with Gasteiger partial charge in [-0.2, -0.15) is 9.46 Å². The second kappa shape index (κ2) is 5.44. The number of carbonyl (C=O) groups excluding carboxylic acids is 1. The average Bonchev–Trinajstić information content (AvgIpc) is 2.53. The molecular formula is C16H19N3O3. The lowest BCUT2D eigenvalue weighted by atomic mass is 10.1. The third kappa shape index (κ3) is 2.24. The second-order valence-electron chi connectivity index (χ2n) is 5.80. The Labute approximate surface area is 128 Å². The normalized spacial score (nSPS) is 15.3. The molecule has 3 rings (SSSR count). The zero-order chi connectivity index (χ0) is 15.9. The Kier molecular flexibility index (Phi) is 3.60. The van der Waals surface area contributed by atoms with E-state index >= 15 is 0 Å². The number of fused-ring (bicyclic) bond motifs is 1. The summed E-state index contributed by atoms with van der Waals surface area (Å²) < 4.78 is 1.26. The van der Waals surface area contributed by atoms with Crippen LogP contribution in [0, 0.1) is 17.3 Å². The van der Waals surface area contributed by atoms with Gasteiger partial charge in [-0.15, -0.1) is 0 Å². The molecule has 1 aliphatic heterocycles. The first-order chi connectivity index (χ1) is 10.5. The summed E-state index contributed by atoms with van der Waals surface area (Å²) in [4.78, 5) is 13.9. The van der Waals surface area contributed by atoms with E-state index in [-0.39, 0.29) is 16.9 Å². The summed E-state index contributed by atoms with van der Waals surface area (Å²) >= 11 is 0. The largest absolute Gasteiger partial charge is 0.618 e. The van der Waals surface area contributed by atoms with Crippen molar-refractivity contribution in [1.29, 1.82) is 0 Å². The van der Waals surface area contributed by atoms with E-state index in [1.165, 1.54) is 20.3 Å². The van der Waals surface area contributed by atoms with Gasteiger partial charge in [0.05, 0.1) is 0 Å². The number of benzene rings is 1. The van der Waals surface area contributed by atoms with Crippen molar-refractivity contribution >= 4 is 22.5 Å². The minimum Gasteiger partial charge on any atom is -0.618 e. The van der Waals surface area contributed by atoms with Gasteiger partial charge in [0.2, 0.25) is 5.78 Å². The summed E-state index contributed by atoms with van der Waals surface area (Å²) in [6, 6.07) is 5.25. The van der Waals surface area contributed by atoms with E-state index in [0.717, 1.165) is 31.6 Å². The van der Waals surface area contributed by atoms with E-state index in [1.54, 1.807) is 12.1 Å². The summed E-state index contributed by atoms with van der Waals surface area (Å²) in [5.74, 6) is -0.401. The fourth-order valence-corrected chi connectivity index (χ4v) is 3.14. The van der Waals surface area contributed by atoms with Gasteiger partial charge < -0.3 is 15.3 Å². The van der Waals surface area contributed by atoms with Crippen molar-refractivity contribution in [2.45, 2.75) is 33.1 Å². The first-order valence-corrected chi connectivity index (χ1v) is 7.56. The molecule has 0 spiro atoms.